The molecule has 160 valence electrons. The van der Waals surface area contributed by atoms with Crippen molar-refractivity contribution in [1.82, 2.24) is 0 Å². The van der Waals surface area contributed by atoms with Gasteiger partial charge < -0.3 is 4.74 Å². The molecular weight excluding hydrogens is 352 g/mol. The van der Waals surface area contributed by atoms with E-state index in [1.165, 1.54) is 93.7 Å². The quantitative estimate of drug-likeness (QED) is 0.258. The van der Waals surface area contributed by atoms with Gasteiger partial charge in [0.25, 0.3) is 0 Å². The Morgan fingerprint density at radius 3 is 1.59 bits per heavy atom. The van der Waals surface area contributed by atoms with E-state index >= 15 is 0 Å². The second kappa shape index (κ2) is 15.1. The second-order valence-electron chi connectivity index (χ2n) is 8.36. The van der Waals surface area contributed by atoms with E-state index in [1.54, 1.807) is 0 Å². The fourth-order valence-electron chi connectivity index (χ4n) is 3.79. The zero-order chi connectivity index (χ0) is 20.6. The van der Waals surface area contributed by atoms with Crippen LogP contribution < -0.4 is 4.74 Å². The number of benzene rings is 2. The van der Waals surface area contributed by atoms with Crippen molar-refractivity contribution in [1.29, 1.82) is 0 Å². The molecule has 0 radical (unpaired) electrons. The summed E-state index contributed by atoms with van der Waals surface area (Å²) in [6, 6.07) is 17.7. The Morgan fingerprint density at radius 1 is 0.517 bits per heavy atom. The van der Waals surface area contributed by atoms with Crippen LogP contribution in [0.2, 0.25) is 0 Å². The average molecular weight is 395 g/mol. The van der Waals surface area contributed by atoms with Gasteiger partial charge in [0.2, 0.25) is 0 Å². The van der Waals surface area contributed by atoms with Gasteiger partial charge in [0.05, 0.1) is 6.61 Å². The van der Waals surface area contributed by atoms with Crippen molar-refractivity contribution >= 4 is 0 Å². The molecule has 0 amide bonds. The lowest BCUT2D eigenvalue weighted by atomic mass is 10.0. The third-order valence-electron chi connectivity index (χ3n) is 5.73. The Bertz CT molecular complexity index is 626. The van der Waals surface area contributed by atoms with Crippen LogP contribution in [0.15, 0.2) is 48.5 Å². The summed E-state index contributed by atoms with van der Waals surface area (Å²) in [6.07, 6.45) is 17.2. The van der Waals surface area contributed by atoms with E-state index in [0.29, 0.717) is 0 Å². The van der Waals surface area contributed by atoms with Gasteiger partial charge in [0, 0.05) is 0 Å². The highest BCUT2D eigenvalue weighted by molar-refractivity contribution is 5.64. The smallest absolute Gasteiger partial charge is 0.119 e. The molecular formula is C28H42O. The first-order valence-corrected chi connectivity index (χ1v) is 12.2. The van der Waals surface area contributed by atoms with Crippen LogP contribution in [0.25, 0.3) is 11.1 Å². The first kappa shape index (κ1) is 23.5. The Morgan fingerprint density at radius 2 is 1.00 bits per heavy atom. The summed E-state index contributed by atoms with van der Waals surface area (Å²) in [4.78, 5) is 0. The van der Waals surface area contributed by atoms with Crippen LogP contribution in [0.1, 0.15) is 96.5 Å². The standard InChI is InChI=1S/C28H42O/c1-3-5-7-9-11-13-15-25-16-18-26(19-17-25)27-20-22-28(23-21-27)29-24-14-12-10-8-6-4-2/h16-23H,3-15,24H2,1-2H3. The van der Waals surface area contributed by atoms with Gasteiger partial charge in [-0.3, -0.25) is 0 Å². The SMILES string of the molecule is CCCCCCCCOc1ccc(-c2ccc(CCCCCCCC)cc2)cc1. The molecule has 2 aromatic rings. The Hall–Kier alpha value is -1.76. The minimum absolute atomic E-state index is 0.832. The molecule has 0 spiro atoms. The number of rotatable bonds is 16. The van der Waals surface area contributed by atoms with E-state index in [9.17, 15) is 0 Å². The normalized spacial score (nSPS) is 11.0. The topological polar surface area (TPSA) is 9.23 Å². The second-order valence-corrected chi connectivity index (χ2v) is 8.36. The number of hydrogen-bond donors (Lipinski definition) is 0. The largest absolute Gasteiger partial charge is 0.494 e. The summed E-state index contributed by atoms with van der Waals surface area (Å²) < 4.78 is 5.90. The van der Waals surface area contributed by atoms with Crippen LogP contribution in [0.3, 0.4) is 0 Å². The number of unbranched alkanes of at least 4 members (excludes halogenated alkanes) is 10. The van der Waals surface area contributed by atoms with Crippen molar-refractivity contribution in [3.8, 4) is 16.9 Å². The summed E-state index contributed by atoms with van der Waals surface area (Å²) >= 11 is 0. The van der Waals surface area contributed by atoms with Crippen LogP contribution in [0.5, 0.6) is 5.75 Å². The average Bonchev–Trinajstić information content (AvgIpc) is 2.76. The maximum Gasteiger partial charge on any atom is 0.119 e. The monoisotopic (exact) mass is 394 g/mol. The molecule has 1 heteroatoms. The summed E-state index contributed by atoms with van der Waals surface area (Å²) in [5.74, 6) is 0.988. The number of ether oxygens (including phenoxy) is 1. The Labute approximate surface area is 179 Å². The van der Waals surface area contributed by atoms with Gasteiger partial charge in [-0.25, -0.2) is 0 Å². The molecule has 0 saturated heterocycles. The lowest BCUT2D eigenvalue weighted by molar-refractivity contribution is 0.304. The van der Waals surface area contributed by atoms with Gasteiger partial charge in [-0.15, -0.1) is 0 Å². The van der Waals surface area contributed by atoms with Crippen molar-refractivity contribution < 1.29 is 4.74 Å². The molecule has 0 aliphatic heterocycles. The highest BCUT2D eigenvalue weighted by Crippen LogP contribution is 2.23. The van der Waals surface area contributed by atoms with Gasteiger partial charge >= 0.3 is 0 Å². The predicted octanol–water partition coefficient (Wildman–Crippen LogP) is 9.00. The molecule has 2 aromatic carbocycles. The zero-order valence-corrected chi connectivity index (χ0v) is 18.9. The number of hydrogen-bond acceptors (Lipinski definition) is 1. The molecule has 29 heavy (non-hydrogen) atoms. The van der Waals surface area contributed by atoms with Gasteiger partial charge in [-0.2, -0.15) is 0 Å². The molecule has 0 aliphatic carbocycles. The highest BCUT2D eigenvalue weighted by atomic mass is 16.5. The molecule has 0 saturated carbocycles. The van der Waals surface area contributed by atoms with Crippen molar-refractivity contribution in [3.05, 3.63) is 54.1 Å². The Kier molecular flexibility index (Phi) is 12.3. The van der Waals surface area contributed by atoms with Gasteiger partial charge in [-0.05, 0) is 48.1 Å². The third-order valence-corrected chi connectivity index (χ3v) is 5.73. The molecule has 1 nitrogen and oxygen atoms in total. The molecule has 0 N–H and O–H groups in total. The van der Waals surface area contributed by atoms with Crippen LogP contribution in [-0.2, 0) is 6.42 Å². The fourth-order valence-corrected chi connectivity index (χ4v) is 3.79. The molecule has 0 aliphatic rings. The molecule has 2 rings (SSSR count). The summed E-state index contributed by atoms with van der Waals surface area (Å²) in [6.45, 7) is 5.37. The van der Waals surface area contributed by atoms with Crippen molar-refractivity contribution in [2.75, 3.05) is 6.61 Å². The molecule has 0 heterocycles. The lowest BCUT2D eigenvalue weighted by Crippen LogP contribution is -1.97. The fraction of sp³-hybridized carbons (Fsp3) is 0.571. The molecule has 0 bridgehead atoms. The van der Waals surface area contributed by atoms with E-state index in [2.05, 4.69) is 62.4 Å². The first-order chi connectivity index (χ1) is 14.3. The minimum atomic E-state index is 0.832. The molecule has 0 fully saturated rings. The van der Waals surface area contributed by atoms with E-state index in [4.69, 9.17) is 4.74 Å². The maximum absolute atomic E-state index is 5.90. The maximum atomic E-state index is 5.90. The summed E-state index contributed by atoms with van der Waals surface area (Å²) in [7, 11) is 0. The lowest BCUT2D eigenvalue weighted by Gasteiger charge is -2.08. The van der Waals surface area contributed by atoms with E-state index in [1.807, 2.05) is 0 Å². The van der Waals surface area contributed by atoms with Gasteiger partial charge in [-0.1, -0.05) is 114 Å². The Balaban J connectivity index is 1.68. The predicted molar refractivity (Wildman–Crippen MR) is 128 cm³/mol. The van der Waals surface area contributed by atoms with E-state index in [0.717, 1.165) is 18.8 Å². The van der Waals surface area contributed by atoms with Crippen molar-refractivity contribution in [2.45, 2.75) is 97.3 Å². The van der Waals surface area contributed by atoms with E-state index in [-0.39, 0.29) is 0 Å². The van der Waals surface area contributed by atoms with E-state index < -0.39 is 0 Å². The van der Waals surface area contributed by atoms with Crippen LogP contribution in [0.4, 0.5) is 0 Å². The number of aryl methyl sites for hydroxylation is 1. The summed E-state index contributed by atoms with van der Waals surface area (Å²) in [5.41, 5.74) is 4.02. The van der Waals surface area contributed by atoms with Gasteiger partial charge in [0.1, 0.15) is 5.75 Å². The minimum Gasteiger partial charge on any atom is -0.494 e. The molecule has 0 aromatic heterocycles. The van der Waals surface area contributed by atoms with Gasteiger partial charge in [0.15, 0.2) is 0 Å². The van der Waals surface area contributed by atoms with Crippen molar-refractivity contribution in [2.24, 2.45) is 0 Å². The van der Waals surface area contributed by atoms with Crippen LogP contribution in [0, 0.1) is 0 Å². The highest BCUT2D eigenvalue weighted by Gasteiger charge is 2.01. The first-order valence-electron chi connectivity index (χ1n) is 12.2. The van der Waals surface area contributed by atoms with Crippen LogP contribution in [-0.4, -0.2) is 6.61 Å². The van der Waals surface area contributed by atoms with Crippen molar-refractivity contribution in [3.63, 3.8) is 0 Å². The molecule has 0 atom stereocenters. The third kappa shape index (κ3) is 10.0. The van der Waals surface area contributed by atoms with Crippen LogP contribution >= 0.6 is 0 Å². The zero-order valence-electron chi connectivity index (χ0n) is 18.9. The summed E-state index contributed by atoms with van der Waals surface area (Å²) in [5, 5.41) is 0. The molecule has 0 unspecified atom stereocenters.